The highest BCUT2D eigenvalue weighted by atomic mass is 35.5. The van der Waals surface area contributed by atoms with Gasteiger partial charge in [-0.1, -0.05) is 17.7 Å². The van der Waals surface area contributed by atoms with Gasteiger partial charge in [-0.2, -0.15) is 9.97 Å². The minimum Gasteiger partial charge on any atom is -0.467 e. The van der Waals surface area contributed by atoms with Gasteiger partial charge in [0.2, 0.25) is 0 Å². The van der Waals surface area contributed by atoms with E-state index >= 15 is 0 Å². The van der Waals surface area contributed by atoms with Gasteiger partial charge in [0.1, 0.15) is 0 Å². The molecule has 0 aliphatic carbocycles. The third kappa shape index (κ3) is 3.82. The summed E-state index contributed by atoms with van der Waals surface area (Å²) < 4.78 is 4.98. The first-order chi connectivity index (χ1) is 9.99. The molecule has 2 aromatic rings. The molecule has 0 saturated carbocycles. The lowest BCUT2D eigenvalue weighted by atomic mass is 10.3. The summed E-state index contributed by atoms with van der Waals surface area (Å²) in [5.74, 6) is 0. The van der Waals surface area contributed by atoms with Crippen molar-refractivity contribution >= 4 is 29.0 Å². The third-order valence-electron chi connectivity index (χ3n) is 2.75. The van der Waals surface area contributed by atoms with Gasteiger partial charge < -0.3 is 15.4 Å². The van der Waals surface area contributed by atoms with Crippen LogP contribution in [0.1, 0.15) is 11.4 Å². The highest BCUT2D eigenvalue weighted by Crippen LogP contribution is 2.20. The third-order valence-corrected chi connectivity index (χ3v) is 2.99. The summed E-state index contributed by atoms with van der Waals surface area (Å²) >= 11 is 5.87. The quantitative estimate of drug-likeness (QED) is 0.911. The van der Waals surface area contributed by atoms with Gasteiger partial charge in [-0.15, -0.1) is 0 Å². The van der Waals surface area contributed by atoms with Crippen LogP contribution in [-0.4, -0.2) is 23.1 Å². The molecule has 0 unspecified atom stereocenters. The number of hydrogen-bond acceptors (Lipinski definition) is 4. The topological polar surface area (TPSA) is 76.1 Å². The molecule has 0 saturated heterocycles. The predicted octanol–water partition coefficient (Wildman–Crippen LogP) is 3.40. The van der Waals surface area contributed by atoms with E-state index in [0.717, 1.165) is 0 Å². The van der Waals surface area contributed by atoms with Gasteiger partial charge in [0.05, 0.1) is 24.2 Å². The van der Waals surface area contributed by atoms with Gasteiger partial charge in [-0.25, -0.2) is 4.79 Å². The molecule has 0 fully saturated rings. The Labute approximate surface area is 127 Å². The van der Waals surface area contributed by atoms with Crippen molar-refractivity contribution < 1.29 is 9.53 Å². The van der Waals surface area contributed by atoms with Gasteiger partial charge in [-0.05, 0) is 32.0 Å². The Morgan fingerprint density at radius 3 is 2.43 bits per heavy atom. The van der Waals surface area contributed by atoms with E-state index in [1.807, 2.05) is 0 Å². The number of methoxy groups -OCH3 is 1. The molecule has 1 aromatic heterocycles. The number of ether oxygens (including phenoxy) is 1. The SMILES string of the molecule is COc1nc(C)c(NC(=O)Nc2cccc(Cl)c2)c(C)n1. The van der Waals surface area contributed by atoms with E-state index in [-0.39, 0.29) is 6.01 Å². The van der Waals surface area contributed by atoms with E-state index in [9.17, 15) is 4.79 Å². The number of halogens is 1. The zero-order chi connectivity index (χ0) is 15.4. The van der Waals surface area contributed by atoms with Crippen LogP contribution in [0.4, 0.5) is 16.2 Å². The van der Waals surface area contributed by atoms with Crippen molar-refractivity contribution in [1.29, 1.82) is 0 Å². The monoisotopic (exact) mass is 306 g/mol. The normalized spacial score (nSPS) is 10.1. The number of benzene rings is 1. The molecule has 1 heterocycles. The van der Waals surface area contributed by atoms with Crippen molar-refractivity contribution in [3.63, 3.8) is 0 Å². The summed E-state index contributed by atoms with van der Waals surface area (Å²) in [5.41, 5.74) is 2.40. The highest BCUT2D eigenvalue weighted by Gasteiger charge is 2.12. The number of anilines is 2. The van der Waals surface area contributed by atoms with Crippen molar-refractivity contribution in [3.8, 4) is 6.01 Å². The number of carbonyl (C=O) groups excluding carboxylic acids is 1. The number of rotatable bonds is 3. The molecular weight excluding hydrogens is 292 g/mol. The first kappa shape index (κ1) is 15.1. The van der Waals surface area contributed by atoms with Gasteiger partial charge >= 0.3 is 12.0 Å². The highest BCUT2D eigenvalue weighted by molar-refractivity contribution is 6.30. The molecule has 2 amide bonds. The van der Waals surface area contributed by atoms with Crippen molar-refractivity contribution in [2.45, 2.75) is 13.8 Å². The molecule has 0 aliphatic rings. The van der Waals surface area contributed by atoms with Crippen molar-refractivity contribution in [2.24, 2.45) is 0 Å². The summed E-state index contributed by atoms with van der Waals surface area (Å²) in [7, 11) is 1.49. The van der Waals surface area contributed by atoms with Gasteiger partial charge in [0, 0.05) is 10.7 Å². The molecule has 110 valence electrons. The van der Waals surface area contributed by atoms with Crippen LogP contribution in [0.15, 0.2) is 24.3 Å². The Bertz CT molecular complexity index is 653. The molecule has 2 rings (SSSR count). The first-order valence-electron chi connectivity index (χ1n) is 6.22. The maximum absolute atomic E-state index is 12.0. The average molecular weight is 307 g/mol. The lowest BCUT2D eigenvalue weighted by molar-refractivity contribution is 0.262. The smallest absolute Gasteiger partial charge is 0.323 e. The van der Waals surface area contributed by atoms with Crippen LogP contribution in [0.3, 0.4) is 0 Å². The molecule has 0 aliphatic heterocycles. The second-order valence-electron chi connectivity index (χ2n) is 4.35. The number of aromatic nitrogens is 2. The molecule has 21 heavy (non-hydrogen) atoms. The minimum atomic E-state index is -0.391. The van der Waals surface area contributed by atoms with Crippen molar-refractivity contribution in [1.82, 2.24) is 9.97 Å². The maximum Gasteiger partial charge on any atom is 0.323 e. The summed E-state index contributed by atoms with van der Waals surface area (Å²) in [6.07, 6.45) is 0. The zero-order valence-corrected chi connectivity index (χ0v) is 12.7. The van der Waals surface area contributed by atoms with E-state index in [1.54, 1.807) is 38.1 Å². The second kappa shape index (κ2) is 6.41. The predicted molar refractivity (Wildman–Crippen MR) is 82.2 cm³/mol. The van der Waals surface area contributed by atoms with Crippen LogP contribution in [0, 0.1) is 13.8 Å². The van der Waals surface area contributed by atoms with Crippen LogP contribution in [-0.2, 0) is 0 Å². The molecule has 7 heteroatoms. The maximum atomic E-state index is 12.0. The van der Waals surface area contributed by atoms with E-state index in [4.69, 9.17) is 16.3 Å². The zero-order valence-electron chi connectivity index (χ0n) is 11.9. The molecule has 0 bridgehead atoms. The fourth-order valence-electron chi connectivity index (χ4n) is 1.80. The average Bonchev–Trinajstić information content (AvgIpc) is 2.42. The standard InChI is InChI=1S/C14H15ClN4O2/c1-8-12(9(2)17-14(16-8)21-3)19-13(20)18-11-6-4-5-10(15)7-11/h4-7H,1-3H3,(H2,18,19,20). The minimum absolute atomic E-state index is 0.269. The van der Waals surface area contributed by atoms with E-state index in [0.29, 0.717) is 27.8 Å². The molecule has 0 radical (unpaired) electrons. The number of nitrogens with zero attached hydrogens (tertiary/aromatic N) is 2. The molecule has 6 nitrogen and oxygen atoms in total. The lowest BCUT2D eigenvalue weighted by Crippen LogP contribution is -2.21. The molecule has 2 N–H and O–H groups in total. The molecule has 0 atom stereocenters. The van der Waals surface area contributed by atoms with Crippen molar-refractivity contribution in [3.05, 3.63) is 40.7 Å². The van der Waals surface area contributed by atoms with Gasteiger partial charge in [0.25, 0.3) is 0 Å². The molecular formula is C14H15ClN4O2. The van der Waals surface area contributed by atoms with Crippen LogP contribution in [0.5, 0.6) is 6.01 Å². The number of urea groups is 1. The van der Waals surface area contributed by atoms with E-state index in [2.05, 4.69) is 20.6 Å². The Morgan fingerprint density at radius 1 is 1.19 bits per heavy atom. The van der Waals surface area contributed by atoms with Crippen LogP contribution >= 0.6 is 11.6 Å². The van der Waals surface area contributed by atoms with Crippen LogP contribution < -0.4 is 15.4 Å². The van der Waals surface area contributed by atoms with Gasteiger partial charge in [-0.3, -0.25) is 0 Å². The summed E-state index contributed by atoms with van der Waals surface area (Å²) in [5, 5.41) is 5.97. The Balaban J connectivity index is 2.13. The van der Waals surface area contributed by atoms with Crippen LogP contribution in [0.25, 0.3) is 0 Å². The first-order valence-corrected chi connectivity index (χ1v) is 6.60. The van der Waals surface area contributed by atoms with E-state index < -0.39 is 6.03 Å². The fraction of sp³-hybridized carbons (Fsp3) is 0.214. The Kier molecular flexibility index (Phi) is 4.59. The second-order valence-corrected chi connectivity index (χ2v) is 4.78. The number of hydrogen-bond donors (Lipinski definition) is 2. The number of aryl methyl sites for hydroxylation is 2. The Hall–Kier alpha value is -2.34. The lowest BCUT2D eigenvalue weighted by Gasteiger charge is -2.12. The van der Waals surface area contributed by atoms with Crippen LogP contribution in [0.2, 0.25) is 5.02 Å². The summed E-state index contributed by atoms with van der Waals surface area (Å²) in [6, 6.07) is 6.77. The number of carbonyl (C=O) groups is 1. The summed E-state index contributed by atoms with van der Waals surface area (Å²) in [4.78, 5) is 20.3. The van der Waals surface area contributed by atoms with Crippen molar-refractivity contribution in [2.75, 3.05) is 17.7 Å². The summed E-state index contributed by atoms with van der Waals surface area (Å²) in [6.45, 7) is 3.54. The largest absolute Gasteiger partial charge is 0.467 e. The van der Waals surface area contributed by atoms with Gasteiger partial charge in [0.15, 0.2) is 0 Å². The number of amides is 2. The Morgan fingerprint density at radius 2 is 1.86 bits per heavy atom. The fourth-order valence-corrected chi connectivity index (χ4v) is 1.99. The van der Waals surface area contributed by atoms with E-state index in [1.165, 1.54) is 7.11 Å². The number of nitrogens with one attached hydrogen (secondary N) is 2. The molecule has 0 spiro atoms. The molecule has 1 aromatic carbocycles.